The van der Waals surface area contributed by atoms with Crippen molar-refractivity contribution in [1.29, 1.82) is 0 Å². The van der Waals surface area contributed by atoms with E-state index in [1.807, 2.05) is 6.92 Å². The van der Waals surface area contributed by atoms with Crippen molar-refractivity contribution in [3.05, 3.63) is 57.3 Å². The van der Waals surface area contributed by atoms with Gasteiger partial charge in [0.2, 0.25) is 0 Å². The predicted octanol–water partition coefficient (Wildman–Crippen LogP) is 3.72. The molecule has 2 N–H and O–H groups in total. The monoisotopic (exact) mass is 337 g/mol. The van der Waals surface area contributed by atoms with Crippen LogP contribution < -0.4 is 10.5 Å². The number of hydrogen-bond donors (Lipinski definition) is 1. The first kappa shape index (κ1) is 14.5. The molecule has 0 aliphatic rings. The number of carbonyl (C=O) groups is 1. The Morgan fingerprint density at radius 1 is 1.25 bits per heavy atom. The van der Waals surface area contributed by atoms with Gasteiger partial charge in [0.25, 0.3) is 0 Å². The van der Waals surface area contributed by atoms with Crippen LogP contribution >= 0.6 is 15.9 Å². The summed E-state index contributed by atoms with van der Waals surface area (Å²) in [5.41, 5.74) is 7.86. The molecule has 0 spiro atoms. The number of hydrogen-bond acceptors (Lipinski definition) is 3. The minimum Gasteiger partial charge on any atom is -0.496 e. The third-order valence-electron chi connectivity index (χ3n) is 2.85. The summed E-state index contributed by atoms with van der Waals surface area (Å²) in [6.07, 6.45) is 0. The van der Waals surface area contributed by atoms with Crippen molar-refractivity contribution in [2.45, 2.75) is 6.92 Å². The molecular formula is C15H13BrFNO2. The van der Waals surface area contributed by atoms with Gasteiger partial charge < -0.3 is 10.5 Å². The fraction of sp³-hybridized carbons (Fsp3) is 0.133. The van der Waals surface area contributed by atoms with Gasteiger partial charge in [-0.3, -0.25) is 4.79 Å². The van der Waals surface area contributed by atoms with Gasteiger partial charge in [-0.25, -0.2) is 4.39 Å². The van der Waals surface area contributed by atoms with Crippen LogP contribution in [0.5, 0.6) is 5.75 Å². The van der Waals surface area contributed by atoms with E-state index in [2.05, 4.69) is 15.9 Å². The van der Waals surface area contributed by atoms with Crippen LogP contribution in [0.1, 0.15) is 21.5 Å². The third-order valence-corrected chi connectivity index (χ3v) is 3.46. The van der Waals surface area contributed by atoms with E-state index in [1.165, 1.54) is 19.2 Å². The van der Waals surface area contributed by atoms with Gasteiger partial charge in [-0.1, -0.05) is 0 Å². The van der Waals surface area contributed by atoms with E-state index in [-0.39, 0.29) is 21.6 Å². The van der Waals surface area contributed by atoms with Crippen LogP contribution in [-0.2, 0) is 0 Å². The highest BCUT2D eigenvalue weighted by Gasteiger charge is 2.18. The first-order valence-corrected chi connectivity index (χ1v) is 6.66. The molecule has 5 heteroatoms. The Hall–Kier alpha value is -1.88. The molecule has 2 aromatic carbocycles. The molecule has 0 saturated heterocycles. The van der Waals surface area contributed by atoms with Crippen molar-refractivity contribution in [2.75, 3.05) is 12.8 Å². The zero-order chi connectivity index (χ0) is 14.9. The molecule has 0 radical (unpaired) electrons. The number of ether oxygens (including phenoxy) is 1. The molecule has 0 atom stereocenters. The van der Waals surface area contributed by atoms with Crippen LogP contribution in [0.25, 0.3) is 0 Å². The molecule has 0 heterocycles. The summed E-state index contributed by atoms with van der Waals surface area (Å²) in [6, 6.07) is 7.68. The van der Waals surface area contributed by atoms with E-state index in [0.717, 1.165) is 5.56 Å². The summed E-state index contributed by atoms with van der Waals surface area (Å²) >= 11 is 3.07. The summed E-state index contributed by atoms with van der Waals surface area (Å²) in [5.74, 6) is -0.559. The predicted molar refractivity (Wildman–Crippen MR) is 79.7 cm³/mol. The van der Waals surface area contributed by atoms with Crippen molar-refractivity contribution < 1.29 is 13.9 Å². The zero-order valence-electron chi connectivity index (χ0n) is 11.0. The Morgan fingerprint density at radius 2 is 1.95 bits per heavy atom. The van der Waals surface area contributed by atoms with Crippen LogP contribution in [0.3, 0.4) is 0 Å². The topological polar surface area (TPSA) is 52.3 Å². The fourth-order valence-electron chi connectivity index (χ4n) is 1.97. The molecule has 0 aliphatic carbocycles. The Balaban J connectivity index is 2.55. The summed E-state index contributed by atoms with van der Waals surface area (Å²) in [5, 5.41) is 0. The Kier molecular flexibility index (Phi) is 4.09. The molecule has 20 heavy (non-hydrogen) atoms. The number of carbonyl (C=O) groups excluding carboxylic acids is 1. The SMILES string of the molecule is COc1cc(F)c(Br)cc1C(=O)c1cc(C)cc(N)c1. The highest BCUT2D eigenvalue weighted by Crippen LogP contribution is 2.28. The molecule has 0 aliphatic heterocycles. The molecule has 0 unspecified atom stereocenters. The molecule has 104 valence electrons. The molecular weight excluding hydrogens is 325 g/mol. The number of anilines is 1. The smallest absolute Gasteiger partial charge is 0.196 e. The van der Waals surface area contributed by atoms with Crippen molar-refractivity contribution in [3.63, 3.8) is 0 Å². The lowest BCUT2D eigenvalue weighted by Crippen LogP contribution is -2.06. The average molecular weight is 338 g/mol. The van der Waals surface area contributed by atoms with Crippen molar-refractivity contribution >= 4 is 27.4 Å². The van der Waals surface area contributed by atoms with E-state index in [0.29, 0.717) is 11.3 Å². The molecule has 2 aromatic rings. The maximum absolute atomic E-state index is 13.5. The van der Waals surface area contributed by atoms with Crippen LogP contribution in [-0.4, -0.2) is 12.9 Å². The van der Waals surface area contributed by atoms with Crippen LogP contribution in [0.15, 0.2) is 34.8 Å². The molecule has 0 bridgehead atoms. The highest BCUT2D eigenvalue weighted by molar-refractivity contribution is 9.10. The number of nitrogens with two attached hydrogens (primary N) is 1. The summed E-state index contributed by atoms with van der Waals surface area (Å²) in [4.78, 5) is 12.5. The van der Waals surface area contributed by atoms with E-state index in [4.69, 9.17) is 10.5 Å². The van der Waals surface area contributed by atoms with E-state index in [1.54, 1.807) is 18.2 Å². The molecule has 0 saturated carbocycles. The third kappa shape index (κ3) is 2.82. The second-order valence-corrected chi connectivity index (χ2v) is 5.28. The number of benzene rings is 2. The molecule has 0 fully saturated rings. The zero-order valence-corrected chi connectivity index (χ0v) is 12.6. The van der Waals surface area contributed by atoms with Gasteiger partial charge in [0.1, 0.15) is 11.6 Å². The maximum atomic E-state index is 13.5. The molecule has 3 nitrogen and oxygen atoms in total. The molecule has 2 rings (SSSR count). The Morgan fingerprint density at radius 3 is 2.55 bits per heavy atom. The summed E-state index contributed by atoms with van der Waals surface area (Å²) in [7, 11) is 1.39. The van der Waals surface area contributed by atoms with Gasteiger partial charge in [-0.05, 0) is 52.7 Å². The van der Waals surface area contributed by atoms with Crippen molar-refractivity contribution in [2.24, 2.45) is 0 Å². The second-order valence-electron chi connectivity index (χ2n) is 4.43. The number of methoxy groups -OCH3 is 1. The van der Waals surface area contributed by atoms with E-state index < -0.39 is 5.82 Å². The van der Waals surface area contributed by atoms with Gasteiger partial charge in [0, 0.05) is 17.3 Å². The largest absolute Gasteiger partial charge is 0.496 e. The fourth-order valence-corrected chi connectivity index (χ4v) is 2.32. The number of aryl methyl sites for hydroxylation is 1. The normalized spacial score (nSPS) is 10.4. The first-order chi connectivity index (χ1) is 9.42. The standard InChI is InChI=1S/C15H13BrFNO2/c1-8-3-9(5-10(18)4-8)15(19)11-6-12(16)13(17)7-14(11)20-2/h3-7H,18H2,1-2H3. The first-order valence-electron chi connectivity index (χ1n) is 5.87. The Bertz CT molecular complexity index is 666. The number of halogens is 2. The maximum Gasteiger partial charge on any atom is 0.196 e. The summed E-state index contributed by atoms with van der Waals surface area (Å²) in [6.45, 7) is 1.85. The lowest BCUT2D eigenvalue weighted by Gasteiger charge is -2.10. The summed E-state index contributed by atoms with van der Waals surface area (Å²) < 4.78 is 18.8. The van der Waals surface area contributed by atoms with Gasteiger partial charge in [0.05, 0.1) is 17.1 Å². The van der Waals surface area contributed by atoms with Crippen molar-refractivity contribution in [1.82, 2.24) is 0 Å². The molecule has 0 amide bonds. The van der Waals surface area contributed by atoms with E-state index >= 15 is 0 Å². The van der Waals surface area contributed by atoms with Gasteiger partial charge >= 0.3 is 0 Å². The highest BCUT2D eigenvalue weighted by atomic mass is 79.9. The lowest BCUT2D eigenvalue weighted by molar-refractivity contribution is 0.103. The quantitative estimate of drug-likeness (QED) is 0.686. The van der Waals surface area contributed by atoms with Crippen molar-refractivity contribution in [3.8, 4) is 5.75 Å². The van der Waals surface area contributed by atoms with Gasteiger partial charge in [-0.2, -0.15) is 0 Å². The van der Waals surface area contributed by atoms with Gasteiger partial charge in [-0.15, -0.1) is 0 Å². The van der Waals surface area contributed by atoms with Gasteiger partial charge in [0.15, 0.2) is 5.78 Å². The number of rotatable bonds is 3. The van der Waals surface area contributed by atoms with Crippen LogP contribution in [0, 0.1) is 12.7 Å². The van der Waals surface area contributed by atoms with E-state index in [9.17, 15) is 9.18 Å². The minimum absolute atomic E-state index is 0.191. The Labute approximate surface area is 124 Å². The number of ketones is 1. The van der Waals surface area contributed by atoms with Crippen LogP contribution in [0.4, 0.5) is 10.1 Å². The second kappa shape index (κ2) is 5.63. The minimum atomic E-state index is -0.484. The average Bonchev–Trinajstić information content (AvgIpc) is 2.39. The van der Waals surface area contributed by atoms with Crippen LogP contribution in [0.2, 0.25) is 0 Å². The molecule has 0 aromatic heterocycles. The number of nitrogen functional groups attached to an aromatic ring is 1. The lowest BCUT2D eigenvalue weighted by atomic mass is 10.00.